The molecule has 2 aliphatic heterocycles. The first-order valence-electron chi connectivity index (χ1n) is 8.66. The van der Waals surface area contributed by atoms with Crippen molar-refractivity contribution in [3.05, 3.63) is 0 Å². The number of hydrogen-bond acceptors (Lipinski definition) is 5. The Bertz CT molecular complexity index is 397. The monoisotopic (exact) mass is 362 g/mol. The van der Waals surface area contributed by atoms with Gasteiger partial charge in [0.1, 0.15) is 0 Å². The minimum atomic E-state index is -0.153. The molecule has 0 aromatic carbocycles. The lowest BCUT2D eigenvalue weighted by molar-refractivity contribution is -0.136. The zero-order chi connectivity index (χ0) is 16.7. The summed E-state index contributed by atoms with van der Waals surface area (Å²) in [6.07, 6.45) is 2.85. The van der Waals surface area contributed by atoms with Gasteiger partial charge in [-0.2, -0.15) is 0 Å². The van der Waals surface area contributed by atoms with Gasteiger partial charge in [-0.3, -0.25) is 14.5 Å². The summed E-state index contributed by atoms with van der Waals surface area (Å²) in [6, 6.07) is -0.151. The summed E-state index contributed by atoms with van der Waals surface area (Å²) in [6.45, 7) is 7.10. The molecule has 0 spiro atoms. The molecule has 2 amide bonds. The number of piperazine rings is 1. The topological polar surface area (TPSA) is 73.9 Å². The lowest BCUT2D eigenvalue weighted by Gasteiger charge is -2.38. The van der Waals surface area contributed by atoms with Gasteiger partial charge in [-0.15, -0.1) is 12.4 Å². The Balaban J connectivity index is 0.00000288. The fourth-order valence-electron chi connectivity index (χ4n) is 3.19. The van der Waals surface area contributed by atoms with Gasteiger partial charge >= 0.3 is 0 Å². The second kappa shape index (κ2) is 10.9. The van der Waals surface area contributed by atoms with Gasteiger partial charge in [0.15, 0.2) is 0 Å². The lowest BCUT2D eigenvalue weighted by Crippen LogP contribution is -2.57. The Morgan fingerprint density at radius 3 is 2.58 bits per heavy atom. The summed E-state index contributed by atoms with van der Waals surface area (Å²) in [4.78, 5) is 28.6. The molecule has 2 N–H and O–H groups in total. The van der Waals surface area contributed by atoms with Gasteiger partial charge in [0.25, 0.3) is 0 Å². The fourth-order valence-corrected chi connectivity index (χ4v) is 3.19. The van der Waals surface area contributed by atoms with Crippen molar-refractivity contribution in [1.29, 1.82) is 0 Å². The Hall–Kier alpha value is -0.890. The molecule has 0 aromatic heterocycles. The van der Waals surface area contributed by atoms with Gasteiger partial charge in [0.2, 0.25) is 11.8 Å². The molecular weight excluding hydrogens is 332 g/mol. The zero-order valence-corrected chi connectivity index (χ0v) is 15.6. The van der Waals surface area contributed by atoms with Crippen LogP contribution in [0.1, 0.15) is 26.2 Å². The number of methoxy groups -OCH3 is 1. The Morgan fingerprint density at radius 1 is 1.29 bits per heavy atom. The van der Waals surface area contributed by atoms with Crippen LogP contribution in [0.3, 0.4) is 0 Å². The number of amides is 2. The van der Waals surface area contributed by atoms with Gasteiger partial charge in [0.05, 0.1) is 12.1 Å². The van der Waals surface area contributed by atoms with Gasteiger partial charge in [0, 0.05) is 46.4 Å². The first-order valence-corrected chi connectivity index (χ1v) is 8.66. The quantitative estimate of drug-likeness (QED) is 0.616. The summed E-state index contributed by atoms with van der Waals surface area (Å²) >= 11 is 0. The third-order valence-corrected chi connectivity index (χ3v) is 4.74. The number of rotatable bonds is 7. The summed E-state index contributed by atoms with van der Waals surface area (Å²) in [5.41, 5.74) is 0. The van der Waals surface area contributed by atoms with E-state index in [0.717, 1.165) is 38.9 Å². The number of carbonyl (C=O) groups excluding carboxylic acids is 2. The van der Waals surface area contributed by atoms with E-state index in [-0.39, 0.29) is 36.3 Å². The van der Waals surface area contributed by atoms with E-state index in [1.807, 2.05) is 11.8 Å². The molecule has 0 radical (unpaired) electrons. The van der Waals surface area contributed by atoms with E-state index in [2.05, 4.69) is 15.5 Å². The van der Waals surface area contributed by atoms with Gasteiger partial charge < -0.3 is 20.3 Å². The minimum Gasteiger partial charge on any atom is -0.385 e. The zero-order valence-electron chi connectivity index (χ0n) is 14.8. The lowest BCUT2D eigenvalue weighted by atomic mass is 10.1. The summed E-state index contributed by atoms with van der Waals surface area (Å²) < 4.78 is 4.97. The van der Waals surface area contributed by atoms with Crippen molar-refractivity contribution in [3.8, 4) is 0 Å². The number of nitrogens with one attached hydrogen (secondary N) is 2. The minimum absolute atomic E-state index is 0. The smallest absolute Gasteiger partial charge is 0.239 e. The van der Waals surface area contributed by atoms with Gasteiger partial charge in [-0.25, -0.2) is 0 Å². The average molecular weight is 363 g/mol. The van der Waals surface area contributed by atoms with Crippen LogP contribution in [0.4, 0.5) is 0 Å². The normalized spacial score (nSPS) is 22.8. The van der Waals surface area contributed by atoms with Gasteiger partial charge in [-0.1, -0.05) is 0 Å². The molecule has 2 saturated heterocycles. The van der Waals surface area contributed by atoms with E-state index < -0.39 is 0 Å². The molecule has 0 saturated carbocycles. The molecule has 1 unspecified atom stereocenters. The van der Waals surface area contributed by atoms with E-state index in [1.54, 1.807) is 7.11 Å². The van der Waals surface area contributed by atoms with Crippen LogP contribution in [0, 0.1) is 0 Å². The van der Waals surface area contributed by atoms with Crippen molar-refractivity contribution in [2.75, 3.05) is 53.0 Å². The highest BCUT2D eigenvalue weighted by Crippen LogP contribution is 2.12. The van der Waals surface area contributed by atoms with E-state index >= 15 is 0 Å². The molecule has 0 aliphatic carbocycles. The molecule has 8 heteroatoms. The standard InChI is InChI=1S/C16H30N4O3.ClH/c1-13(15(21)18-7-4-12-23-2)19-8-10-20(11-9-19)16(22)14-5-3-6-17-14;/h13-14,17H,3-12H2,1-2H3,(H,18,21);1H/t13?,14-;/m0./s1. The molecule has 24 heavy (non-hydrogen) atoms. The van der Waals surface area contributed by atoms with E-state index in [9.17, 15) is 9.59 Å². The van der Waals surface area contributed by atoms with Crippen LogP contribution in [0.2, 0.25) is 0 Å². The summed E-state index contributed by atoms with van der Waals surface area (Å²) in [5, 5.41) is 6.20. The third-order valence-electron chi connectivity index (χ3n) is 4.74. The van der Waals surface area contributed by atoms with E-state index in [1.165, 1.54) is 0 Å². The molecular formula is C16H31ClN4O3. The fraction of sp³-hybridized carbons (Fsp3) is 0.875. The molecule has 2 heterocycles. The molecule has 0 bridgehead atoms. The average Bonchev–Trinajstić information content (AvgIpc) is 3.12. The maximum Gasteiger partial charge on any atom is 0.239 e. The number of hydrogen-bond donors (Lipinski definition) is 2. The SMILES string of the molecule is COCCCNC(=O)C(C)N1CCN(C(=O)[C@@H]2CCCN2)CC1.Cl. The van der Waals surface area contributed by atoms with Crippen molar-refractivity contribution in [3.63, 3.8) is 0 Å². The molecule has 140 valence electrons. The highest BCUT2D eigenvalue weighted by Gasteiger charge is 2.31. The highest BCUT2D eigenvalue weighted by atomic mass is 35.5. The van der Waals surface area contributed by atoms with Crippen LogP contribution in [0.25, 0.3) is 0 Å². The van der Waals surface area contributed by atoms with Crippen LogP contribution in [0.5, 0.6) is 0 Å². The number of carbonyl (C=O) groups is 2. The number of nitrogens with zero attached hydrogens (tertiary/aromatic N) is 2. The number of halogens is 1. The first kappa shape index (κ1) is 21.2. The van der Waals surface area contributed by atoms with Crippen LogP contribution in [-0.4, -0.2) is 86.7 Å². The summed E-state index contributed by atoms with van der Waals surface area (Å²) in [5.74, 6) is 0.275. The number of ether oxygens (including phenoxy) is 1. The second-order valence-corrected chi connectivity index (χ2v) is 6.32. The Kier molecular flexibility index (Phi) is 9.58. The van der Waals surface area contributed by atoms with Crippen LogP contribution in [0.15, 0.2) is 0 Å². The molecule has 2 fully saturated rings. The van der Waals surface area contributed by atoms with Crippen molar-refractivity contribution >= 4 is 24.2 Å². The van der Waals surface area contributed by atoms with E-state index in [0.29, 0.717) is 26.2 Å². The van der Waals surface area contributed by atoms with Crippen molar-refractivity contribution < 1.29 is 14.3 Å². The van der Waals surface area contributed by atoms with Crippen molar-refractivity contribution in [2.24, 2.45) is 0 Å². The molecule has 2 aliphatic rings. The molecule has 0 aromatic rings. The second-order valence-electron chi connectivity index (χ2n) is 6.32. The van der Waals surface area contributed by atoms with Gasteiger partial charge in [-0.05, 0) is 32.7 Å². The highest BCUT2D eigenvalue weighted by molar-refractivity contribution is 5.85. The largest absolute Gasteiger partial charge is 0.385 e. The van der Waals surface area contributed by atoms with Crippen LogP contribution < -0.4 is 10.6 Å². The molecule has 2 atom stereocenters. The van der Waals surface area contributed by atoms with Crippen LogP contribution in [-0.2, 0) is 14.3 Å². The predicted molar refractivity (Wildman–Crippen MR) is 95.4 cm³/mol. The van der Waals surface area contributed by atoms with Crippen molar-refractivity contribution in [2.45, 2.75) is 38.3 Å². The maximum absolute atomic E-state index is 12.4. The molecule has 7 nitrogen and oxygen atoms in total. The maximum atomic E-state index is 12.4. The molecule has 2 rings (SSSR count). The third kappa shape index (κ3) is 5.88. The summed E-state index contributed by atoms with van der Waals surface area (Å²) in [7, 11) is 1.66. The van der Waals surface area contributed by atoms with Crippen LogP contribution >= 0.6 is 12.4 Å². The first-order chi connectivity index (χ1) is 11.1. The predicted octanol–water partition coefficient (Wildman–Crippen LogP) is -0.154. The van der Waals surface area contributed by atoms with Crippen molar-refractivity contribution in [1.82, 2.24) is 20.4 Å². The Morgan fingerprint density at radius 2 is 2.00 bits per heavy atom. The van der Waals surface area contributed by atoms with E-state index in [4.69, 9.17) is 4.74 Å². The Labute approximate surface area is 150 Å².